The predicted octanol–water partition coefficient (Wildman–Crippen LogP) is 3.18. The summed E-state index contributed by atoms with van der Waals surface area (Å²) < 4.78 is 25.8. The molecule has 2 amide bonds. The topological polar surface area (TPSA) is 55.8 Å². The van der Waals surface area contributed by atoms with E-state index in [9.17, 15) is 14.0 Å². The maximum absolute atomic E-state index is 14.6. The van der Waals surface area contributed by atoms with E-state index in [-0.39, 0.29) is 28.7 Å². The number of benzene rings is 2. The number of fused-ring (bicyclic) bond motifs is 1. The molecule has 0 saturated carbocycles. The van der Waals surface area contributed by atoms with E-state index in [1.54, 1.807) is 30.3 Å². The quantitative estimate of drug-likeness (QED) is 0.805. The Morgan fingerprint density at radius 1 is 0.960 bits per heavy atom. The molecule has 0 unspecified atom stereocenters. The highest BCUT2D eigenvalue weighted by Crippen LogP contribution is 2.38. The van der Waals surface area contributed by atoms with Crippen molar-refractivity contribution in [1.29, 1.82) is 0 Å². The highest BCUT2D eigenvalue weighted by molar-refractivity contribution is 6.34. The van der Waals surface area contributed by atoms with Crippen LogP contribution in [-0.2, 0) is 4.74 Å². The smallest absolute Gasteiger partial charge is 0.266 e. The van der Waals surface area contributed by atoms with Gasteiger partial charge in [0.1, 0.15) is 17.5 Å². The van der Waals surface area contributed by atoms with E-state index in [4.69, 9.17) is 9.47 Å². The van der Waals surface area contributed by atoms with E-state index in [0.717, 1.165) is 4.90 Å². The Bertz CT molecular complexity index is 810. The van der Waals surface area contributed by atoms with Gasteiger partial charge in [0, 0.05) is 12.8 Å². The van der Waals surface area contributed by atoms with Crippen LogP contribution in [0.4, 0.5) is 10.1 Å². The maximum atomic E-state index is 14.6. The van der Waals surface area contributed by atoms with Crippen LogP contribution in [0.2, 0.25) is 0 Å². The molecule has 2 aromatic carbocycles. The van der Waals surface area contributed by atoms with Gasteiger partial charge in [0.15, 0.2) is 5.82 Å². The monoisotopic (exact) mass is 341 g/mol. The Morgan fingerprint density at radius 2 is 1.60 bits per heavy atom. The third-order valence-electron chi connectivity index (χ3n) is 4.43. The molecule has 1 saturated heterocycles. The van der Waals surface area contributed by atoms with E-state index in [2.05, 4.69) is 0 Å². The summed E-state index contributed by atoms with van der Waals surface area (Å²) in [4.78, 5) is 26.2. The number of para-hydroxylation sites is 1. The first-order valence-corrected chi connectivity index (χ1v) is 8.17. The van der Waals surface area contributed by atoms with Crippen LogP contribution in [-0.4, -0.2) is 31.1 Å². The molecule has 0 aromatic heterocycles. The van der Waals surface area contributed by atoms with Crippen molar-refractivity contribution in [2.45, 2.75) is 18.9 Å². The Balaban J connectivity index is 1.73. The average molecular weight is 341 g/mol. The zero-order chi connectivity index (χ0) is 17.4. The van der Waals surface area contributed by atoms with E-state index in [1.807, 2.05) is 0 Å². The second kappa shape index (κ2) is 6.29. The molecule has 2 aromatic rings. The molecule has 0 aliphatic carbocycles. The van der Waals surface area contributed by atoms with Crippen molar-refractivity contribution < 1.29 is 23.5 Å². The normalized spacial score (nSPS) is 17.7. The van der Waals surface area contributed by atoms with Gasteiger partial charge in [-0.2, -0.15) is 0 Å². The van der Waals surface area contributed by atoms with Gasteiger partial charge in [-0.25, -0.2) is 9.29 Å². The summed E-state index contributed by atoms with van der Waals surface area (Å²) in [6.45, 7) is 1.14. The summed E-state index contributed by atoms with van der Waals surface area (Å²) in [5, 5.41) is 0. The molecule has 128 valence electrons. The van der Waals surface area contributed by atoms with Crippen LogP contribution in [0.15, 0.2) is 42.5 Å². The van der Waals surface area contributed by atoms with E-state index in [0.29, 0.717) is 26.1 Å². The minimum absolute atomic E-state index is 0.125. The van der Waals surface area contributed by atoms with E-state index in [1.165, 1.54) is 12.1 Å². The SMILES string of the molecule is O=C1c2ccccc2C(=O)N1c1c(F)cccc1OC1CCOCC1. The van der Waals surface area contributed by atoms with Crippen molar-refractivity contribution >= 4 is 17.5 Å². The van der Waals surface area contributed by atoms with Gasteiger partial charge in [0.2, 0.25) is 0 Å². The minimum Gasteiger partial charge on any atom is -0.488 e. The van der Waals surface area contributed by atoms with Gasteiger partial charge < -0.3 is 9.47 Å². The van der Waals surface area contributed by atoms with Crippen molar-refractivity contribution in [3.8, 4) is 5.75 Å². The molecular weight excluding hydrogens is 325 g/mol. The fourth-order valence-corrected chi connectivity index (χ4v) is 3.17. The van der Waals surface area contributed by atoms with Crippen LogP contribution < -0.4 is 9.64 Å². The summed E-state index contributed by atoms with van der Waals surface area (Å²) in [6.07, 6.45) is 1.22. The second-order valence-electron chi connectivity index (χ2n) is 6.01. The summed E-state index contributed by atoms with van der Waals surface area (Å²) in [7, 11) is 0. The van der Waals surface area contributed by atoms with Gasteiger partial charge in [-0.05, 0) is 24.3 Å². The lowest BCUT2D eigenvalue weighted by molar-refractivity contribution is 0.0256. The highest BCUT2D eigenvalue weighted by Gasteiger charge is 2.39. The van der Waals surface area contributed by atoms with E-state index < -0.39 is 17.6 Å². The molecule has 6 heteroatoms. The van der Waals surface area contributed by atoms with Crippen LogP contribution in [0, 0.1) is 5.82 Å². The standard InChI is InChI=1S/C19H16FNO4/c20-15-6-3-7-16(25-12-8-10-24-11-9-12)17(15)21-18(22)13-4-1-2-5-14(13)19(21)23/h1-7,12H,8-11H2. The lowest BCUT2D eigenvalue weighted by Gasteiger charge is -2.26. The van der Waals surface area contributed by atoms with Crippen LogP contribution in [0.25, 0.3) is 0 Å². The van der Waals surface area contributed by atoms with Crippen LogP contribution in [0.3, 0.4) is 0 Å². The highest BCUT2D eigenvalue weighted by atomic mass is 19.1. The molecule has 0 atom stereocenters. The van der Waals surface area contributed by atoms with Crippen molar-refractivity contribution in [1.82, 2.24) is 0 Å². The Hall–Kier alpha value is -2.73. The Labute approximate surface area is 144 Å². The number of nitrogens with zero attached hydrogens (tertiary/aromatic N) is 1. The zero-order valence-electron chi connectivity index (χ0n) is 13.4. The number of halogens is 1. The number of carbonyl (C=O) groups excluding carboxylic acids is 2. The lowest BCUT2D eigenvalue weighted by Crippen LogP contribution is -2.32. The largest absolute Gasteiger partial charge is 0.488 e. The van der Waals surface area contributed by atoms with Gasteiger partial charge in [0.25, 0.3) is 11.8 Å². The van der Waals surface area contributed by atoms with E-state index >= 15 is 0 Å². The van der Waals surface area contributed by atoms with Gasteiger partial charge in [-0.1, -0.05) is 18.2 Å². The predicted molar refractivity (Wildman–Crippen MR) is 88.5 cm³/mol. The van der Waals surface area contributed by atoms with Gasteiger partial charge in [0.05, 0.1) is 24.3 Å². The van der Waals surface area contributed by atoms with Crippen molar-refractivity contribution in [3.05, 3.63) is 59.4 Å². The molecule has 2 aliphatic heterocycles. The molecule has 4 rings (SSSR count). The molecule has 0 radical (unpaired) electrons. The fourth-order valence-electron chi connectivity index (χ4n) is 3.17. The fraction of sp³-hybridized carbons (Fsp3) is 0.263. The van der Waals surface area contributed by atoms with Crippen LogP contribution in [0.5, 0.6) is 5.75 Å². The first-order chi connectivity index (χ1) is 12.2. The van der Waals surface area contributed by atoms with Gasteiger partial charge >= 0.3 is 0 Å². The number of rotatable bonds is 3. The molecule has 0 bridgehead atoms. The summed E-state index contributed by atoms with van der Waals surface area (Å²) in [5.74, 6) is -1.55. The molecule has 0 spiro atoms. The summed E-state index contributed by atoms with van der Waals surface area (Å²) in [6, 6.07) is 10.8. The third-order valence-corrected chi connectivity index (χ3v) is 4.43. The van der Waals surface area contributed by atoms with Gasteiger partial charge in [-0.15, -0.1) is 0 Å². The van der Waals surface area contributed by atoms with Gasteiger partial charge in [-0.3, -0.25) is 9.59 Å². The summed E-state index contributed by atoms with van der Waals surface area (Å²) in [5.41, 5.74) is 0.417. The van der Waals surface area contributed by atoms with Crippen molar-refractivity contribution in [2.24, 2.45) is 0 Å². The number of imide groups is 1. The molecule has 2 heterocycles. The number of carbonyl (C=O) groups is 2. The molecule has 2 aliphatic rings. The molecule has 1 fully saturated rings. The van der Waals surface area contributed by atoms with Crippen molar-refractivity contribution in [3.63, 3.8) is 0 Å². The number of hydrogen-bond donors (Lipinski definition) is 0. The van der Waals surface area contributed by atoms with Crippen molar-refractivity contribution in [2.75, 3.05) is 18.1 Å². The number of hydrogen-bond acceptors (Lipinski definition) is 4. The molecule has 0 N–H and O–H groups in total. The third kappa shape index (κ3) is 2.68. The maximum Gasteiger partial charge on any atom is 0.266 e. The lowest BCUT2D eigenvalue weighted by atomic mass is 10.1. The molecular formula is C19H16FNO4. The van der Waals surface area contributed by atoms with Crippen LogP contribution >= 0.6 is 0 Å². The minimum atomic E-state index is -0.668. The molecule has 25 heavy (non-hydrogen) atoms. The summed E-state index contributed by atoms with van der Waals surface area (Å²) >= 11 is 0. The molecule has 5 nitrogen and oxygen atoms in total. The zero-order valence-corrected chi connectivity index (χ0v) is 13.4. The Kier molecular flexibility index (Phi) is 3.97. The Morgan fingerprint density at radius 3 is 2.24 bits per heavy atom. The number of amides is 2. The average Bonchev–Trinajstić information content (AvgIpc) is 2.88. The second-order valence-corrected chi connectivity index (χ2v) is 6.01. The van der Waals surface area contributed by atoms with Crippen LogP contribution in [0.1, 0.15) is 33.6 Å². The number of anilines is 1. The number of ether oxygens (including phenoxy) is 2. The first kappa shape index (κ1) is 15.8. The first-order valence-electron chi connectivity index (χ1n) is 8.17.